The van der Waals surface area contributed by atoms with E-state index in [9.17, 15) is 14.9 Å². The molecule has 6 heteroatoms. The molecule has 0 saturated carbocycles. The minimum absolute atomic E-state index is 0.0805. The molecule has 0 unspecified atom stereocenters. The fourth-order valence-electron chi connectivity index (χ4n) is 1.99. The summed E-state index contributed by atoms with van der Waals surface area (Å²) in [6.45, 7) is 3.55. The molecule has 21 heavy (non-hydrogen) atoms. The third-order valence-electron chi connectivity index (χ3n) is 2.91. The molecule has 2 aromatic carbocycles. The van der Waals surface area contributed by atoms with Gasteiger partial charge >= 0.3 is 5.69 Å². The lowest BCUT2D eigenvalue weighted by Crippen LogP contribution is -1.97. The predicted octanol–water partition coefficient (Wildman–Crippen LogP) is 4.58. The van der Waals surface area contributed by atoms with Crippen LogP contribution in [0.4, 0.5) is 5.69 Å². The summed E-state index contributed by atoms with van der Waals surface area (Å²) in [5.41, 5.74) is 1.88. The molecule has 2 aromatic rings. The van der Waals surface area contributed by atoms with Crippen molar-refractivity contribution >= 4 is 27.9 Å². The van der Waals surface area contributed by atoms with E-state index in [1.165, 1.54) is 6.07 Å². The molecule has 0 N–H and O–H groups in total. The Morgan fingerprint density at radius 3 is 2.52 bits per heavy atom. The van der Waals surface area contributed by atoms with Crippen molar-refractivity contribution in [1.82, 2.24) is 0 Å². The topological polar surface area (TPSA) is 69.4 Å². The predicted molar refractivity (Wildman–Crippen MR) is 82.2 cm³/mol. The van der Waals surface area contributed by atoms with Crippen LogP contribution in [-0.4, -0.2) is 11.2 Å². The number of nitro groups is 1. The molecule has 0 aliphatic carbocycles. The van der Waals surface area contributed by atoms with Crippen LogP contribution in [0.15, 0.2) is 34.8 Å². The van der Waals surface area contributed by atoms with Crippen LogP contribution in [-0.2, 0) is 0 Å². The zero-order valence-electron chi connectivity index (χ0n) is 11.4. The number of carbonyl (C=O) groups excluding carboxylic acids is 1. The fourth-order valence-corrected chi connectivity index (χ4v) is 2.44. The molecular formula is C15H12BrNO4. The van der Waals surface area contributed by atoms with Gasteiger partial charge in [0.05, 0.1) is 4.92 Å². The lowest BCUT2D eigenvalue weighted by molar-refractivity contribution is -0.385. The highest BCUT2D eigenvalue weighted by atomic mass is 79.9. The summed E-state index contributed by atoms with van der Waals surface area (Å²) in [5, 5.41) is 11.2. The van der Waals surface area contributed by atoms with Crippen LogP contribution < -0.4 is 4.74 Å². The summed E-state index contributed by atoms with van der Waals surface area (Å²) >= 11 is 3.25. The zero-order valence-corrected chi connectivity index (χ0v) is 13.0. The molecule has 0 spiro atoms. The minimum atomic E-state index is -0.468. The number of carbonyl (C=O) groups is 1. The number of aryl methyl sites for hydroxylation is 2. The van der Waals surface area contributed by atoms with E-state index >= 15 is 0 Å². The maximum absolute atomic E-state index is 11.2. The molecule has 0 amide bonds. The Labute approximate surface area is 129 Å². The van der Waals surface area contributed by atoms with Crippen LogP contribution in [0, 0.1) is 24.0 Å². The molecule has 0 aliphatic heterocycles. The first-order valence-corrected chi connectivity index (χ1v) is 6.90. The van der Waals surface area contributed by atoms with Crippen molar-refractivity contribution in [3.8, 4) is 11.5 Å². The standard InChI is InChI=1S/C15H12BrNO4/c1-9-5-10(2)15(14(6-9)17(19)20)21-12-4-3-11(8-18)13(16)7-12/h3-8H,1-2H3. The van der Waals surface area contributed by atoms with Crippen molar-refractivity contribution in [2.45, 2.75) is 13.8 Å². The fraction of sp³-hybridized carbons (Fsp3) is 0.133. The normalized spacial score (nSPS) is 10.2. The number of ether oxygens (including phenoxy) is 1. The molecule has 0 heterocycles. The highest BCUT2D eigenvalue weighted by Gasteiger charge is 2.19. The zero-order chi connectivity index (χ0) is 15.6. The molecule has 5 nitrogen and oxygen atoms in total. The monoisotopic (exact) mass is 349 g/mol. The van der Waals surface area contributed by atoms with Crippen molar-refractivity contribution in [2.75, 3.05) is 0 Å². The minimum Gasteiger partial charge on any atom is -0.450 e. The molecule has 2 rings (SSSR count). The van der Waals surface area contributed by atoms with E-state index in [2.05, 4.69) is 15.9 Å². The van der Waals surface area contributed by atoms with E-state index in [1.807, 2.05) is 6.07 Å². The lowest BCUT2D eigenvalue weighted by Gasteiger charge is -2.11. The molecule has 0 fully saturated rings. The first-order chi connectivity index (χ1) is 9.92. The Bertz CT molecular complexity index is 728. The number of aldehydes is 1. The van der Waals surface area contributed by atoms with Gasteiger partial charge < -0.3 is 4.74 Å². The second-order valence-electron chi connectivity index (χ2n) is 4.59. The molecule has 0 aromatic heterocycles. The molecule has 0 aliphatic rings. The van der Waals surface area contributed by atoms with E-state index < -0.39 is 4.92 Å². The van der Waals surface area contributed by atoms with Crippen LogP contribution in [0.5, 0.6) is 11.5 Å². The van der Waals surface area contributed by atoms with E-state index in [1.54, 1.807) is 32.0 Å². The average molecular weight is 350 g/mol. The summed E-state index contributed by atoms with van der Waals surface area (Å²) in [7, 11) is 0. The molecule has 0 radical (unpaired) electrons. The number of halogens is 1. The van der Waals surface area contributed by atoms with Crippen molar-refractivity contribution in [1.29, 1.82) is 0 Å². The van der Waals surface area contributed by atoms with Gasteiger partial charge in [-0.3, -0.25) is 14.9 Å². The molecule has 0 bridgehead atoms. The van der Waals surface area contributed by atoms with E-state index in [0.717, 1.165) is 5.56 Å². The van der Waals surface area contributed by atoms with E-state index in [0.29, 0.717) is 27.6 Å². The number of hydrogen-bond donors (Lipinski definition) is 0. The lowest BCUT2D eigenvalue weighted by atomic mass is 10.1. The Morgan fingerprint density at radius 2 is 1.95 bits per heavy atom. The number of benzene rings is 2. The van der Waals surface area contributed by atoms with Crippen LogP contribution >= 0.6 is 15.9 Å². The van der Waals surface area contributed by atoms with Gasteiger partial charge in [-0.25, -0.2) is 0 Å². The Morgan fingerprint density at radius 1 is 1.24 bits per heavy atom. The molecular weight excluding hydrogens is 338 g/mol. The maximum Gasteiger partial charge on any atom is 0.312 e. The first-order valence-electron chi connectivity index (χ1n) is 6.10. The van der Waals surface area contributed by atoms with Gasteiger partial charge in [-0.1, -0.05) is 6.07 Å². The van der Waals surface area contributed by atoms with Gasteiger partial charge in [0.1, 0.15) is 5.75 Å². The quantitative estimate of drug-likeness (QED) is 0.460. The van der Waals surface area contributed by atoms with Crippen LogP contribution in [0.2, 0.25) is 0 Å². The van der Waals surface area contributed by atoms with Crippen LogP contribution in [0.1, 0.15) is 21.5 Å². The van der Waals surface area contributed by atoms with Gasteiger partial charge in [-0.2, -0.15) is 0 Å². The number of nitrogens with zero attached hydrogens (tertiary/aromatic N) is 1. The second-order valence-corrected chi connectivity index (χ2v) is 5.44. The Hall–Kier alpha value is -2.21. The summed E-state index contributed by atoms with van der Waals surface area (Å²) in [6.07, 6.45) is 0.716. The molecule has 0 saturated heterocycles. The summed E-state index contributed by atoms with van der Waals surface area (Å²) in [6, 6.07) is 8.07. The van der Waals surface area contributed by atoms with Crippen LogP contribution in [0.25, 0.3) is 0 Å². The van der Waals surface area contributed by atoms with Crippen molar-refractivity contribution in [3.05, 3.63) is 61.6 Å². The van der Waals surface area contributed by atoms with Gasteiger partial charge in [-0.15, -0.1) is 0 Å². The Kier molecular flexibility index (Phi) is 4.37. The smallest absolute Gasteiger partial charge is 0.312 e. The van der Waals surface area contributed by atoms with Gasteiger partial charge in [0, 0.05) is 16.1 Å². The maximum atomic E-state index is 11.2. The van der Waals surface area contributed by atoms with E-state index in [4.69, 9.17) is 4.74 Å². The second kappa shape index (κ2) is 6.05. The van der Waals surface area contributed by atoms with Crippen molar-refractivity contribution < 1.29 is 14.5 Å². The molecule has 0 atom stereocenters. The largest absolute Gasteiger partial charge is 0.450 e. The SMILES string of the molecule is Cc1cc(C)c(Oc2ccc(C=O)c(Br)c2)c([N+](=O)[O-])c1. The van der Waals surface area contributed by atoms with Gasteiger partial charge in [0.2, 0.25) is 5.75 Å². The third kappa shape index (κ3) is 3.28. The average Bonchev–Trinajstić information content (AvgIpc) is 2.41. The van der Waals surface area contributed by atoms with Gasteiger partial charge in [-0.05, 0) is 59.1 Å². The van der Waals surface area contributed by atoms with Crippen LogP contribution in [0.3, 0.4) is 0 Å². The first kappa shape index (κ1) is 15.2. The highest BCUT2D eigenvalue weighted by molar-refractivity contribution is 9.10. The highest BCUT2D eigenvalue weighted by Crippen LogP contribution is 2.36. The molecule has 108 valence electrons. The summed E-state index contributed by atoms with van der Waals surface area (Å²) in [4.78, 5) is 21.5. The summed E-state index contributed by atoms with van der Waals surface area (Å²) < 4.78 is 6.22. The van der Waals surface area contributed by atoms with E-state index in [-0.39, 0.29) is 11.4 Å². The summed E-state index contributed by atoms with van der Waals surface area (Å²) in [5.74, 6) is 0.624. The van der Waals surface area contributed by atoms with Gasteiger partial charge in [0.25, 0.3) is 0 Å². The van der Waals surface area contributed by atoms with Gasteiger partial charge in [0.15, 0.2) is 6.29 Å². The van der Waals surface area contributed by atoms with Crippen molar-refractivity contribution in [3.63, 3.8) is 0 Å². The third-order valence-corrected chi connectivity index (χ3v) is 3.60. The number of nitro benzene ring substituents is 1. The number of rotatable bonds is 4. The Balaban J connectivity index is 2.46. The van der Waals surface area contributed by atoms with Crippen molar-refractivity contribution in [2.24, 2.45) is 0 Å². The number of hydrogen-bond acceptors (Lipinski definition) is 4.